The van der Waals surface area contributed by atoms with Crippen molar-refractivity contribution in [3.8, 4) is 0 Å². The van der Waals surface area contributed by atoms with Crippen molar-refractivity contribution in [3.05, 3.63) is 46.0 Å². The van der Waals surface area contributed by atoms with Crippen LogP contribution in [0.25, 0.3) is 0 Å². The molecule has 112 valence electrons. The standard InChI is InChI=1S/C13H12F3N3OS/c1-7-10(21-12(17)19-7)11(20)18-6-8-4-2-3-5-9(8)13(14,15)16/h2-5H,6H2,1H3,(H2,17,19)(H,18,20). The van der Waals surface area contributed by atoms with Crippen LogP contribution in [0.2, 0.25) is 0 Å². The van der Waals surface area contributed by atoms with E-state index in [9.17, 15) is 18.0 Å². The minimum absolute atomic E-state index is 0.00786. The summed E-state index contributed by atoms with van der Waals surface area (Å²) < 4.78 is 38.5. The summed E-state index contributed by atoms with van der Waals surface area (Å²) in [5.41, 5.74) is 5.19. The Morgan fingerprint density at radius 1 is 1.38 bits per heavy atom. The van der Waals surface area contributed by atoms with Crippen LogP contribution in [0.3, 0.4) is 0 Å². The molecule has 0 radical (unpaired) electrons. The number of thiazole rings is 1. The Kier molecular flexibility index (Phi) is 4.17. The lowest BCUT2D eigenvalue weighted by atomic mass is 10.1. The van der Waals surface area contributed by atoms with Gasteiger partial charge >= 0.3 is 6.18 Å². The Bertz CT molecular complexity index is 667. The molecule has 0 bridgehead atoms. The van der Waals surface area contributed by atoms with Crippen molar-refractivity contribution in [2.24, 2.45) is 0 Å². The van der Waals surface area contributed by atoms with Crippen LogP contribution in [0.15, 0.2) is 24.3 Å². The highest BCUT2D eigenvalue weighted by Gasteiger charge is 2.32. The van der Waals surface area contributed by atoms with Crippen molar-refractivity contribution in [2.45, 2.75) is 19.6 Å². The highest BCUT2D eigenvalue weighted by molar-refractivity contribution is 7.17. The molecule has 3 N–H and O–H groups in total. The van der Waals surface area contributed by atoms with Gasteiger partial charge in [0.05, 0.1) is 11.3 Å². The molecule has 2 aromatic rings. The quantitative estimate of drug-likeness (QED) is 0.915. The fraction of sp³-hybridized carbons (Fsp3) is 0.231. The zero-order valence-electron chi connectivity index (χ0n) is 11.0. The number of nitrogens with one attached hydrogen (secondary N) is 1. The molecule has 1 heterocycles. The summed E-state index contributed by atoms with van der Waals surface area (Å²) >= 11 is 1.000. The van der Waals surface area contributed by atoms with Crippen molar-refractivity contribution in [1.82, 2.24) is 10.3 Å². The Hall–Kier alpha value is -2.09. The summed E-state index contributed by atoms with van der Waals surface area (Å²) in [5, 5.41) is 2.70. The third kappa shape index (κ3) is 3.52. The van der Waals surface area contributed by atoms with Gasteiger partial charge in [-0.2, -0.15) is 13.2 Å². The van der Waals surface area contributed by atoms with Crippen LogP contribution in [0.5, 0.6) is 0 Å². The van der Waals surface area contributed by atoms with Gasteiger partial charge in [-0.1, -0.05) is 29.5 Å². The molecule has 0 saturated carbocycles. The number of aromatic nitrogens is 1. The van der Waals surface area contributed by atoms with Gasteiger partial charge in [-0.05, 0) is 18.6 Å². The van der Waals surface area contributed by atoms with E-state index in [1.54, 1.807) is 6.92 Å². The maximum absolute atomic E-state index is 12.8. The maximum Gasteiger partial charge on any atom is 0.416 e. The predicted octanol–water partition coefficient (Wildman–Crippen LogP) is 2.98. The fourth-order valence-electron chi connectivity index (χ4n) is 1.83. The Balaban J connectivity index is 2.14. The molecule has 0 unspecified atom stereocenters. The zero-order valence-corrected chi connectivity index (χ0v) is 11.8. The molecule has 4 nitrogen and oxygen atoms in total. The van der Waals surface area contributed by atoms with E-state index < -0.39 is 17.6 Å². The first-order valence-corrected chi connectivity index (χ1v) is 6.77. The van der Waals surface area contributed by atoms with E-state index in [4.69, 9.17) is 5.73 Å². The molecule has 2 rings (SSSR count). The van der Waals surface area contributed by atoms with E-state index in [0.29, 0.717) is 10.6 Å². The second kappa shape index (κ2) is 5.72. The number of aryl methyl sites for hydroxylation is 1. The summed E-state index contributed by atoms with van der Waals surface area (Å²) in [4.78, 5) is 16.1. The first-order chi connectivity index (χ1) is 9.79. The van der Waals surface area contributed by atoms with Gasteiger partial charge in [0.1, 0.15) is 4.88 Å². The number of nitrogens with zero attached hydrogens (tertiary/aromatic N) is 1. The number of carbonyl (C=O) groups excluding carboxylic acids is 1. The molecule has 0 saturated heterocycles. The first kappa shape index (κ1) is 15.3. The summed E-state index contributed by atoms with van der Waals surface area (Å²) in [6.45, 7) is 1.40. The van der Waals surface area contributed by atoms with Gasteiger partial charge in [0.25, 0.3) is 5.91 Å². The van der Waals surface area contributed by atoms with E-state index in [1.165, 1.54) is 18.2 Å². The van der Waals surface area contributed by atoms with E-state index in [2.05, 4.69) is 10.3 Å². The second-order valence-corrected chi connectivity index (χ2v) is 5.33. The number of anilines is 1. The van der Waals surface area contributed by atoms with Crippen molar-refractivity contribution < 1.29 is 18.0 Å². The lowest BCUT2D eigenvalue weighted by Crippen LogP contribution is -2.24. The maximum atomic E-state index is 12.8. The molecule has 0 atom stereocenters. The minimum Gasteiger partial charge on any atom is -0.375 e. The largest absolute Gasteiger partial charge is 0.416 e. The van der Waals surface area contributed by atoms with Gasteiger partial charge in [0.15, 0.2) is 5.13 Å². The van der Waals surface area contributed by atoms with Crippen LogP contribution in [0.4, 0.5) is 18.3 Å². The van der Waals surface area contributed by atoms with E-state index in [-0.39, 0.29) is 17.2 Å². The zero-order chi connectivity index (χ0) is 15.6. The Morgan fingerprint density at radius 3 is 2.62 bits per heavy atom. The molecule has 1 amide bonds. The predicted molar refractivity (Wildman–Crippen MR) is 73.9 cm³/mol. The Labute approximate surface area is 122 Å². The molecule has 0 aliphatic rings. The van der Waals surface area contributed by atoms with Crippen molar-refractivity contribution >= 4 is 22.4 Å². The number of halogens is 3. The van der Waals surface area contributed by atoms with Crippen molar-refractivity contribution in [3.63, 3.8) is 0 Å². The van der Waals surface area contributed by atoms with Crippen molar-refractivity contribution in [1.29, 1.82) is 0 Å². The summed E-state index contributed by atoms with van der Waals surface area (Å²) in [6, 6.07) is 5.11. The third-order valence-electron chi connectivity index (χ3n) is 2.78. The van der Waals surface area contributed by atoms with E-state index >= 15 is 0 Å². The number of hydrogen-bond donors (Lipinski definition) is 2. The summed E-state index contributed by atoms with van der Waals surface area (Å²) in [7, 11) is 0. The van der Waals surface area contributed by atoms with Gasteiger partial charge in [-0.15, -0.1) is 0 Å². The molecule has 1 aromatic heterocycles. The lowest BCUT2D eigenvalue weighted by Gasteiger charge is -2.13. The van der Waals surface area contributed by atoms with Crippen LogP contribution in [0, 0.1) is 6.92 Å². The van der Waals surface area contributed by atoms with E-state index in [0.717, 1.165) is 17.4 Å². The number of carbonyl (C=O) groups is 1. The van der Waals surface area contributed by atoms with E-state index in [1.807, 2.05) is 0 Å². The van der Waals surface area contributed by atoms with Gasteiger partial charge in [0, 0.05) is 6.54 Å². The average molecular weight is 315 g/mol. The molecule has 8 heteroatoms. The molecular weight excluding hydrogens is 303 g/mol. The monoisotopic (exact) mass is 315 g/mol. The van der Waals surface area contributed by atoms with Crippen LogP contribution in [-0.2, 0) is 12.7 Å². The molecule has 0 aliphatic carbocycles. The normalized spacial score (nSPS) is 11.4. The first-order valence-electron chi connectivity index (χ1n) is 5.95. The lowest BCUT2D eigenvalue weighted by molar-refractivity contribution is -0.138. The molecule has 21 heavy (non-hydrogen) atoms. The topological polar surface area (TPSA) is 68.0 Å². The number of nitrogens with two attached hydrogens (primary N) is 1. The molecule has 0 fully saturated rings. The number of amides is 1. The van der Waals surface area contributed by atoms with Crippen LogP contribution in [0.1, 0.15) is 26.5 Å². The second-order valence-electron chi connectivity index (χ2n) is 4.30. The summed E-state index contributed by atoms with van der Waals surface area (Å²) in [5.74, 6) is -0.487. The van der Waals surface area contributed by atoms with Gasteiger partial charge < -0.3 is 11.1 Å². The van der Waals surface area contributed by atoms with Crippen LogP contribution < -0.4 is 11.1 Å². The summed E-state index contributed by atoms with van der Waals surface area (Å²) in [6.07, 6.45) is -4.45. The van der Waals surface area contributed by atoms with Gasteiger partial charge in [0.2, 0.25) is 0 Å². The van der Waals surface area contributed by atoms with Gasteiger partial charge in [-0.3, -0.25) is 4.79 Å². The molecule has 1 aromatic carbocycles. The average Bonchev–Trinajstić information content (AvgIpc) is 2.74. The van der Waals surface area contributed by atoms with Gasteiger partial charge in [-0.25, -0.2) is 4.98 Å². The SMILES string of the molecule is Cc1nc(N)sc1C(=O)NCc1ccccc1C(F)(F)F. The number of alkyl halides is 3. The molecule has 0 spiro atoms. The van der Waals surface area contributed by atoms with Crippen LogP contribution >= 0.6 is 11.3 Å². The highest BCUT2D eigenvalue weighted by Crippen LogP contribution is 2.31. The third-order valence-corrected chi connectivity index (χ3v) is 3.77. The number of benzene rings is 1. The molecule has 0 aliphatic heterocycles. The number of nitrogen functional groups attached to an aromatic ring is 1. The molecular formula is C13H12F3N3OS. The number of rotatable bonds is 3. The Morgan fingerprint density at radius 2 is 2.05 bits per heavy atom. The number of hydrogen-bond acceptors (Lipinski definition) is 4. The van der Waals surface area contributed by atoms with Crippen LogP contribution in [-0.4, -0.2) is 10.9 Å². The minimum atomic E-state index is -4.45. The smallest absolute Gasteiger partial charge is 0.375 e. The highest BCUT2D eigenvalue weighted by atomic mass is 32.1. The van der Waals surface area contributed by atoms with Crippen molar-refractivity contribution in [2.75, 3.05) is 5.73 Å². The fourth-order valence-corrected chi connectivity index (χ4v) is 2.58.